The molecule has 4 heterocycles. The van der Waals surface area contributed by atoms with E-state index in [4.69, 9.17) is 19.9 Å². The van der Waals surface area contributed by atoms with E-state index >= 15 is 0 Å². The third-order valence-corrected chi connectivity index (χ3v) is 17.8. The Morgan fingerprint density at radius 3 is 0.979 bits per heavy atom. The Bertz CT molecular complexity index is 5620. The van der Waals surface area contributed by atoms with Crippen molar-refractivity contribution in [1.29, 1.82) is 0 Å². The number of nitrogens with zero attached hydrogens (tertiary/aromatic N) is 6. The van der Waals surface area contributed by atoms with Gasteiger partial charge in [0.25, 0.3) is 0 Å². The molecule has 0 fully saturated rings. The number of fused-ring (bicyclic) bond motifs is 3. The molecule has 0 aliphatic carbocycles. The maximum atomic E-state index is 5.18. The van der Waals surface area contributed by atoms with Crippen LogP contribution in [0.4, 0.5) is 0 Å². The van der Waals surface area contributed by atoms with Gasteiger partial charge in [-0.05, 0) is 154 Å². The summed E-state index contributed by atoms with van der Waals surface area (Å²) in [5.74, 6) is 1.38. The van der Waals surface area contributed by atoms with E-state index in [2.05, 4.69) is 331 Å². The van der Waals surface area contributed by atoms with Crippen LogP contribution < -0.4 is 0 Å². The normalized spacial score (nSPS) is 11.1. The fourth-order valence-corrected chi connectivity index (χ4v) is 12.7. The molecule has 4 aromatic heterocycles. The van der Waals surface area contributed by atoms with E-state index in [0.29, 0.717) is 11.6 Å². The molecule has 6 nitrogen and oxygen atoms in total. The van der Waals surface area contributed by atoms with Gasteiger partial charge in [-0.1, -0.05) is 285 Å². The quantitative estimate of drug-likeness (QED) is 0.121. The van der Waals surface area contributed by atoms with E-state index in [0.717, 1.165) is 106 Å². The van der Waals surface area contributed by atoms with Crippen LogP contribution in [0.1, 0.15) is 0 Å². The predicted molar refractivity (Wildman–Crippen MR) is 397 cm³/mol. The lowest BCUT2D eigenvalue weighted by molar-refractivity contribution is 1.18. The molecule has 0 aliphatic rings. The number of aromatic nitrogens is 6. The number of rotatable bonds is 12. The fourth-order valence-electron chi connectivity index (χ4n) is 12.7. The second kappa shape index (κ2) is 26.4. The van der Waals surface area contributed by atoms with Gasteiger partial charge in [0.05, 0.1) is 22.8 Å². The Kier molecular flexibility index (Phi) is 16.0. The molecule has 96 heavy (non-hydrogen) atoms. The van der Waals surface area contributed by atoms with Crippen LogP contribution in [0.3, 0.4) is 0 Å². The summed E-state index contributed by atoms with van der Waals surface area (Å²) >= 11 is 0. The van der Waals surface area contributed by atoms with Crippen molar-refractivity contribution in [3.05, 3.63) is 365 Å². The zero-order valence-electron chi connectivity index (χ0n) is 52.3. The standard InChI is InChI=1S/C47H31N3.C43H29N3/c1-2-10-38-28-40(26-19-32(38)8-1)39-12-5-13-41(29-39)47-49-45(36-22-17-33(18-23-36)42-14-7-27-48-31-42)30-46(50-47)37-24-20-35(21-25-37)44-16-6-11-34-9-3-4-15-43(34)44;1-2-9-30(10-3-1)35-13-7-16-39(27-35)43-45-41(33-21-18-32(19-22-33)40-17-8-24-44-29-40)28-42(46-43)38-15-6-14-36(26-38)37-23-20-31-11-4-5-12-34(31)25-37/h1-31H;1-29H. The Morgan fingerprint density at radius 2 is 0.490 bits per heavy atom. The molecule has 0 N–H and O–H groups in total. The minimum atomic E-state index is 0.689. The maximum absolute atomic E-state index is 5.18. The van der Waals surface area contributed by atoms with Crippen LogP contribution in [-0.4, -0.2) is 29.9 Å². The molecule has 17 aromatic rings. The van der Waals surface area contributed by atoms with Crippen molar-refractivity contribution in [2.75, 3.05) is 0 Å². The van der Waals surface area contributed by atoms with Gasteiger partial charge >= 0.3 is 0 Å². The van der Waals surface area contributed by atoms with Gasteiger partial charge in [0.1, 0.15) is 0 Å². The molecule has 0 unspecified atom stereocenters. The highest BCUT2D eigenvalue weighted by molar-refractivity contribution is 5.97. The predicted octanol–water partition coefficient (Wildman–Crippen LogP) is 23.2. The van der Waals surface area contributed by atoms with Crippen LogP contribution in [-0.2, 0) is 0 Å². The summed E-state index contributed by atoms with van der Waals surface area (Å²) in [6, 6.07) is 119. The summed E-state index contributed by atoms with van der Waals surface area (Å²) in [7, 11) is 0. The summed E-state index contributed by atoms with van der Waals surface area (Å²) < 4.78 is 0. The van der Waals surface area contributed by atoms with Crippen molar-refractivity contribution >= 4 is 32.3 Å². The summed E-state index contributed by atoms with van der Waals surface area (Å²) in [6.07, 6.45) is 7.37. The van der Waals surface area contributed by atoms with E-state index in [1.54, 1.807) is 12.4 Å². The van der Waals surface area contributed by atoms with E-state index in [1.807, 2.05) is 30.6 Å². The molecule has 0 spiro atoms. The van der Waals surface area contributed by atoms with Crippen molar-refractivity contribution in [3.8, 4) is 135 Å². The first kappa shape index (κ1) is 58.2. The van der Waals surface area contributed by atoms with E-state index in [1.165, 1.54) is 49.0 Å². The van der Waals surface area contributed by atoms with Gasteiger partial charge in [0.2, 0.25) is 0 Å². The molecular weight excluding hydrogens is 1170 g/mol. The third kappa shape index (κ3) is 12.5. The first-order valence-corrected chi connectivity index (χ1v) is 32.3. The zero-order valence-corrected chi connectivity index (χ0v) is 52.3. The molecule has 0 aliphatic heterocycles. The van der Waals surface area contributed by atoms with Gasteiger partial charge in [-0.25, -0.2) is 19.9 Å². The summed E-state index contributed by atoms with van der Waals surface area (Å²) in [4.78, 5) is 29.2. The highest BCUT2D eigenvalue weighted by Crippen LogP contribution is 2.37. The fraction of sp³-hybridized carbons (Fsp3) is 0. The summed E-state index contributed by atoms with van der Waals surface area (Å²) in [6.45, 7) is 0. The SMILES string of the molecule is c1ccc(-c2cccc(-c3nc(-c4ccc(-c5cccnc5)cc4)cc(-c4cccc(-c5ccc6ccccc6c5)c4)n3)c2)cc1.c1cncc(-c2ccc(-c3cc(-c4ccc(-c5cccc6ccccc56)cc4)nc(-c4cccc(-c5ccc6ccccc6c5)c4)n3)cc2)c1. The molecule has 13 aromatic carbocycles. The largest absolute Gasteiger partial charge is 0.264 e. The van der Waals surface area contributed by atoms with Gasteiger partial charge in [-0.15, -0.1) is 0 Å². The van der Waals surface area contributed by atoms with E-state index < -0.39 is 0 Å². The van der Waals surface area contributed by atoms with Crippen molar-refractivity contribution in [2.45, 2.75) is 0 Å². The summed E-state index contributed by atoms with van der Waals surface area (Å²) in [5.41, 5.74) is 23.3. The van der Waals surface area contributed by atoms with Gasteiger partial charge in [0.15, 0.2) is 11.6 Å². The Hall–Kier alpha value is -12.9. The molecule has 17 rings (SSSR count). The third-order valence-electron chi connectivity index (χ3n) is 17.8. The minimum absolute atomic E-state index is 0.689. The average molecular weight is 1230 g/mol. The Labute approximate surface area is 558 Å². The van der Waals surface area contributed by atoms with Crippen LogP contribution in [0.5, 0.6) is 0 Å². The zero-order chi connectivity index (χ0) is 64.0. The number of benzene rings is 13. The van der Waals surface area contributed by atoms with Gasteiger partial charge in [0, 0.05) is 58.2 Å². The highest BCUT2D eigenvalue weighted by atomic mass is 14.9. The molecule has 0 atom stereocenters. The Morgan fingerprint density at radius 1 is 0.167 bits per heavy atom. The van der Waals surface area contributed by atoms with Gasteiger partial charge in [-0.3, -0.25) is 9.97 Å². The van der Waals surface area contributed by atoms with Crippen molar-refractivity contribution in [1.82, 2.24) is 29.9 Å². The van der Waals surface area contributed by atoms with Crippen molar-refractivity contribution < 1.29 is 0 Å². The molecule has 6 heteroatoms. The van der Waals surface area contributed by atoms with E-state index in [9.17, 15) is 0 Å². The smallest absolute Gasteiger partial charge is 0.160 e. The molecule has 0 saturated heterocycles. The lowest BCUT2D eigenvalue weighted by atomic mass is 9.96. The molecule has 0 saturated carbocycles. The van der Waals surface area contributed by atoms with Gasteiger partial charge in [-0.2, -0.15) is 0 Å². The molecule has 0 radical (unpaired) electrons. The van der Waals surface area contributed by atoms with Crippen LogP contribution in [0.2, 0.25) is 0 Å². The first-order valence-electron chi connectivity index (χ1n) is 32.3. The second-order valence-corrected chi connectivity index (χ2v) is 23.9. The average Bonchev–Trinajstić information content (AvgIpc) is 0.821. The number of hydrogen-bond donors (Lipinski definition) is 0. The van der Waals surface area contributed by atoms with Gasteiger partial charge < -0.3 is 0 Å². The lowest BCUT2D eigenvalue weighted by Crippen LogP contribution is -1.96. The lowest BCUT2D eigenvalue weighted by Gasteiger charge is -2.12. The van der Waals surface area contributed by atoms with Crippen LogP contribution in [0.25, 0.3) is 167 Å². The molecule has 0 amide bonds. The van der Waals surface area contributed by atoms with E-state index in [-0.39, 0.29) is 0 Å². The molecule has 0 bridgehead atoms. The van der Waals surface area contributed by atoms with Crippen LogP contribution in [0, 0.1) is 0 Å². The van der Waals surface area contributed by atoms with Crippen LogP contribution >= 0.6 is 0 Å². The summed E-state index contributed by atoms with van der Waals surface area (Å²) in [5, 5.41) is 7.39. The monoisotopic (exact) mass is 1220 g/mol. The topological polar surface area (TPSA) is 77.3 Å². The highest BCUT2D eigenvalue weighted by Gasteiger charge is 2.16. The van der Waals surface area contributed by atoms with Crippen molar-refractivity contribution in [3.63, 3.8) is 0 Å². The number of hydrogen-bond acceptors (Lipinski definition) is 6. The van der Waals surface area contributed by atoms with Crippen LogP contribution in [0.15, 0.2) is 365 Å². The molecular formula is C90H60N6. The second-order valence-electron chi connectivity index (χ2n) is 23.9. The van der Waals surface area contributed by atoms with Crippen molar-refractivity contribution in [2.24, 2.45) is 0 Å². The first-order chi connectivity index (χ1) is 47.5. The maximum Gasteiger partial charge on any atom is 0.160 e. The minimum Gasteiger partial charge on any atom is -0.264 e. The molecule has 450 valence electrons. The Balaban J connectivity index is 0.000000152. The number of pyridine rings is 2.